The van der Waals surface area contributed by atoms with Crippen molar-refractivity contribution in [2.45, 2.75) is 57.7 Å². The summed E-state index contributed by atoms with van der Waals surface area (Å²) in [4.78, 5) is 28.6. The fourth-order valence-corrected chi connectivity index (χ4v) is 5.84. The molecule has 0 spiro atoms. The Labute approximate surface area is 228 Å². The van der Waals surface area contributed by atoms with Crippen LogP contribution in [0, 0.1) is 0 Å². The van der Waals surface area contributed by atoms with E-state index in [1.54, 1.807) is 31.4 Å². The number of carbonyl (C=O) groups excluding carboxylic acids is 2. The third-order valence-corrected chi connectivity index (χ3v) is 8.39. The van der Waals surface area contributed by atoms with E-state index in [4.69, 9.17) is 27.9 Å². The number of halogens is 2. The molecule has 1 fully saturated rings. The van der Waals surface area contributed by atoms with Gasteiger partial charge in [0.2, 0.25) is 21.8 Å². The van der Waals surface area contributed by atoms with Gasteiger partial charge in [-0.1, -0.05) is 61.2 Å². The number of methoxy groups -OCH3 is 1. The summed E-state index contributed by atoms with van der Waals surface area (Å²) in [7, 11) is -2.37. The van der Waals surface area contributed by atoms with Gasteiger partial charge in [0.15, 0.2) is 0 Å². The van der Waals surface area contributed by atoms with Crippen LogP contribution in [-0.4, -0.2) is 57.1 Å². The fraction of sp³-hybridized carbons (Fsp3) is 0.462. The average Bonchev–Trinajstić information content (AvgIpc) is 3.36. The van der Waals surface area contributed by atoms with E-state index in [0.29, 0.717) is 12.2 Å². The Morgan fingerprint density at radius 1 is 1.14 bits per heavy atom. The number of hydrogen-bond acceptors (Lipinski definition) is 5. The highest BCUT2D eigenvalue weighted by Gasteiger charge is 2.33. The summed E-state index contributed by atoms with van der Waals surface area (Å²) in [6.45, 7) is 1.37. The van der Waals surface area contributed by atoms with Gasteiger partial charge in [-0.2, -0.15) is 0 Å². The van der Waals surface area contributed by atoms with Crippen LogP contribution in [0.2, 0.25) is 10.0 Å². The number of sulfonamides is 1. The maximum absolute atomic E-state index is 13.8. The number of nitrogens with one attached hydrogen (secondary N) is 1. The molecule has 1 saturated carbocycles. The molecule has 0 radical (unpaired) electrons. The molecule has 2 aromatic rings. The molecule has 0 heterocycles. The van der Waals surface area contributed by atoms with Crippen LogP contribution < -0.4 is 14.4 Å². The molecule has 0 aromatic heterocycles. The highest BCUT2D eigenvalue weighted by atomic mass is 35.5. The third kappa shape index (κ3) is 7.52. The van der Waals surface area contributed by atoms with Crippen LogP contribution in [0.15, 0.2) is 42.5 Å². The first kappa shape index (κ1) is 29.1. The standard InChI is InChI=1S/C26H33Cl2N3O5S/c1-4-22(26(33)29-19-10-5-6-11-19)30(16-18-9-7-12-20(15-18)36-2)24(32)17-31(37(3,34)35)23-14-8-13-21(27)25(23)28/h7-9,12-15,19,22H,4-6,10-11,16-17H2,1-3H3,(H,29,33)/t22-/m1/s1. The lowest BCUT2D eigenvalue weighted by atomic mass is 10.1. The summed E-state index contributed by atoms with van der Waals surface area (Å²) in [5, 5.41) is 3.26. The maximum Gasteiger partial charge on any atom is 0.244 e. The van der Waals surface area contributed by atoms with Gasteiger partial charge in [0.25, 0.3) is 0 Å². The predicted molar refractivity (Wildman–Crippen MR) is 147 cm³/mol. The Morgan fingerprint density at radius 2 is 1.81 bits per heavy atom. The maximum atomic E-state index is 13.8. The van der Waals surface area contributed by atoms with Crippen LogP contribution in [-0.2, 0) is 26.2 Å². The van der Waals surface area contributed by atoms with Crippen molar-refractivity contribution < 1.29 is 22.7 Å². The zero-order chi connectivity index (χ0) is 27.2. The van der Waals surface area contributed by atoms with Gasteiger partial charge in [-0.25, -0.2) is 8.42 Å². The van der Waals surface area contributed by atoms with Gasteiger partial charge >= 0.3 is 0 Å². The molecule has 0 aliphatic heterocycles. The molecule has 202 valence electrons. The first-order valence-electron chi connectivity index (χ1n) is 12.2. The number of rotatable bonds is 11. The lowest BCUT2D eigenvalue weighted by molar-refractivity contribution is -0.140. The lowest BCUT2D eigenvalue weighted by Crippen LogP contribution is -2.53. The molecule has 0 unspecified atom stereocenters. The Morgan fingerprint density at radius 3 is 2.43 bits per heavy atom. The largest absolute Gasteiger partial charge is 0.497 e. The normalized spacial score (nSPS) is 14.7. The number of amides is 2. The Bertz CT molecular complexity index is 1220. The fourth-order valence-electron chi connectivity index (χ4n) is 4.53. The Hall–Kier alpha value is -2.49. The zero-order valence-electron chi connectivity index (χ0n) is 21.2. The average molecular weight is 571 g/mol. The molecular formula is C26H33Cl2N3O5S. The summed E-state index contributed by atoms with van der Waals surface area (Å²) in [6, 6.07) is 11.0. The minimum Gasteiger partial charge on any atom is -0.497 e. The van der Waals surface area contributed by atoms with E-state index in [0.717, 1.165) is 41.8 Å². The first-order chi connectivity index (χ1) is 17.5. The summed E-state index contributed by atoms with van der Waals surface area (Å²) >= 11 is 12.4. The smallest absolute Gasteiger partial charge is 0.244 e. The van der Waals surface area contributed by atoms with E-state index in [2.05, 4.69) is 5.32 Å². The van der Waals surface area contributed by atoms with E-state index in [9.17, 15) is 18.0 Å². The van der Waals surface area contributed by atoms with E-state index >= 15 is 0 Å². The molecule has 0 saturated heterocycles. The van der Waals surface area contributed by atoms with Crippen molar-refractivity contribution in [2.75, 3.05) is 24.2 Å². The molecule has 2 aromatic carbocycles. The summed E-state index contributed by atoms with van der Waals surface area (Å²) in [5.41, 5.74) is 0.835. The van der Waals surface area contributed by atoms with Gasteiger partial charge < -0.3 is 15.0 Å². The van der Waals surface area contributed by atoms with Crippen LogP contribution >= 0.6 is 23.2 Å². The summed E-state index contributed by atoms with van der Waals surface area (Å²) in [5.74, 6) is -0.188. The predicted octanol–water partition coefficient (Wildman–Crippen LogP) is 4.63. The van der Waals surface area contributed by atoms with Crippen molar-refractivity contribution in [1.29, 1.82) is 0 Å². The van der Waals surface area contributed by atoms with Crippen molar-refractivity contribution in [2.24, 2.45) is 0 Å². The number of nitrogens with zero attached hydrogens (tertiary/aromatic N) is 2. The molecular weight excluding hydrogens is 537 g/mol. The highest BCUT2D eigenvalue weighted by Crippen LogP contribution is 2.34. The Balaban J connectivity index is 1.96. The van der Waals surface area contributed by atoms with Crippen molar-refractivity contribution >= 4 is 50.7 Å². The summed E-state index contributed by atoms with van der Waals surface area (Å²) in [6.07, 6.45) is 5.26. The topological polar surface area (TPSA) is 96.0 Å². The molecule has 1 aliphatic rings. The van der Waals surface area contributed by atoms with Crippen LogP contribution in [0.3, 0.4) is 0 Å². The van der Waals surface area contributed by atoms with Gasteiger partial charge in [0.1, 0.15) is 18.3 Å². The molecule has 8 nitrogen and oxygen atoms in total. The van der Waals surface area contributed by atoms with Crippen molar-refractivity contribution in [3.63, 3.8) is 0 Å². The zero-order valence-corrected chi connectivity index (χ0v) is 23.6. The van der Waals surface area contributed by atoms with E-state index < -0.39 is 28.5 Å². The van der Waals surface area contributed by atoms with E-state index in [1.807, 2.05) is 13.0 Å². The SMILES string of the molecule is CC[C@H](C(=O)NC1CCCC1)N(Cc1cccc(OC)c1)C(=O)CN(c1cccc(Cl)c1Cl)S(C)(=O)=O. The Kier molecular flexibility index (Phi) is 10.1. The molecule has 1 N–H and O–H groups in total. The molecule has 37 heavy (non-hydrogen) atoms. The van der Waals surface area contributed by atoms with Gasteiger partial charge in [-0.15, -0.1) is 0 Å². The quantitative estimate of drug-likeness (QED) is 0.425. The second-order valence-electron chi connectivity index (χ2n) is 9.13. The number of anilines is 1. The van der Waals surface area contributed by atoms with Crippen LogP contribution in [0.4, 0.5) is 5.69 Å². The van der Waals surface area contributed by atoms with E-state index in [1.165, 1.54) is 17.0 Å². The van der Waals surface area contributed by atoms with Gasteiger partial charge in [-0.3, -0.25) is 13.9 Å². The molecule has 1 aliphatic carbocycles. The summed E-state index contributed by atoms with van der Waals surface area (Å²) < 4.78 is 31.7. The minimum atomic E-state index is -3.92. The number of carbonyl (C=O) groups is 2. The lowest BCUT2D eigenvalue weighted by Gasteiger charge is -2.33. The molecule has 11 heteroatoms. The second kappa shape index (κ2) is 12.8. The highest BCUT2D eigenvalue weighted by molar-refractivity contribution is 7.92. The van der Waals surface area contributed by atoms with Crippen molar-refractivity contribution in [1.82, 2.24) is 10.2 Å². The number of ether oxygens (including phenoxy) is 1. The second-order valence-corrected chi connectivity index (χ2v) is 11.8. The van der Waals surface area contributed by atoms with Crippen molar-refractivity contribution in [3.8, 4) is 5.75 Å². The van der Waals surface area contributed by atoms with Gasteiger partial charge in [-0.05, 0) is 49.1 Å². The van der Waals surface area contributed by atoms with E-state index in [-0.39, 0.29) is 34.2 Å². The van der Waals surface area contributed by atoms with Gasteiger partial charge in [0.05, 0.1) is 29.1 Å². The monoisotopic (exact) mass is 569 g/mol. The molecule has 0 bridgehead atoms. The van der Waals surface area contributed by atoms with Crippen LogP contribution in [0.25, 0.3) is 0 Å². The van der Waals surface area contributed by atoms with Crippen LogP contribution in [0.1, 0.15) is 44.6 Å². The third-order valence-electron chi connectivity index (χ3n) is 6.45. The van der Waals surface area contributed by atoms with Crippen LogP contribution in [0.5, 0.6) is 5.75 Å². The van der Waals surface area contributed by atoms with Crippen molar-refractivity contribution in [3.05, 3.63) is 58.1 Å². The van der Waals surface area contributed by atoms with Gasteiger partial charge in [0, 0.05) is 12.6 Å². The number of hydrogen-bond donors (Lipinski definition) is 1. The molecule has 2 amide bonds. The molecule has 1 atom stereocenters. The molecule has 3 rings (SSSR count). The number of benzene rings is 2. The minimum absolute atomic E-state index is 0.0211. The first-order valence-corrected chi connectivity index (χ1v) is 14.8.